The van der Waals surface area contributed by atoms with Crippen LogP contribution in [0.25, 0.3) is 11.4 Å². The largest absolute Gasteiger partial charge is 0.416 e. The summed E-state index contributed by atoms with van der Waals surface area (Å²) in [5, 5.41) is 7.25. The Morgan fingerprint density at radius 3 is 2.39 bits per heavy atom. The molecule has 31 heavy (non-hydrogen) atoms. The maximum atomic E-state index is 12.7. The Morgan fingerprint density at radius 1 is 1.00 bits per heavy atom. The van der Waals surface area contributed by atoms with Gasteiger partial charge in [0.25, 0.3) is 0 Å². The van der Waals surface area contributed by atoms with Crippen molar-refractivity contribution in [1.29, 1.82) is 0 Å². The number of rotatable bonds is 7. The van der Waals surface area contributed by atoms with E-state index in [1.807, 2.05) is 18.2 Å². The molecule has 2 heterocycles. The van der Waals surface area contributed by atoms with Crippen molar-refractivity contribution in [3.8, 4) is 11.4 Å². The molecule has 0 amide bonds. The Morgan fingerprint density at radius 2 is 1.71 bits per heavy atom. The van der Waals surface area contributed by atoms with Crippen LogP contribution in [0.4, 0.5) is 13.2 Å². The van der Waals surface area contributed by atoms with E-state index in [0.29, 0.717) is 37.8 Å². The lowest BCUT2D eigenvalue weighted by Gasteiger charge is -2.35. The predicted octanol–water partition coefficient (Wildman–Crippen LogP) is 3.92. The second-order valence-electron chi connectivity index (χ2n) is 7.29. The summed E-state index contributed by atoms with van der Waals surface area (Å²) in [7, 11) is 0. The van der Waals surface area contributed by atoms with Gasteiger partial charge in [0, 0.05) is 31.2 Å². The summed E-state index contributed by atoms with van der Waals surface area (Å²) in [5.74, 6) is 0.641. The number of aromatic nitrogens is 2. The van der Waals surface area contributed by atoms with Gasteiger partial charge in [-0.05, 0) is 17.7 Å². The van der Waals surface area contributed by atoms with Gasteiger partial charge in [0.1, 0.15) is 0 Å². The molecule has 3 aromatic rings. The number of alkyl halides is 3. The zero-order valence-corrected chi connectivity index (χ0v) is 16.8. The lowest BCUT2D eigenvalue weighted by molar-refractivity contribution is -0.137. The second-order valence-corrected chi connectivity index (χ2v) is 7.29. The molecule has 9 heteroatoms. The van der Waals surface area contributed by atoms with Gasteiger partial charge in [-0.3, -0.25) is 4.90 Å². The standard InChI is InChI=1S/C22H23F3N4O2/c23-22(24,25)18-8-6-17(7-9-18)21-27-20(31-28-21)15-26-14-19(16-4-2-1-3-5-16)29-10-12-30-13-11-29/h1-9,19,26H,10-15H2. The third-order valence-corrected chi connectivity index (χ3v) is 5.22. The van der Waals surface area contributed by atoms with E-state index in [2.05, 4.69) is 32.5 Å². The minimum absolute atomic E-state index is 0.183. The van der Waals surface area contributed by atoms with Crippen LogP contribution in [0.5, 0.6) is 0 Å². The number of nitrogens with one attached hydrogen (secondary N) is 1. The molecule has 1 aliphatic heterocycles. The molecule has 0 radical (unpaired) electrons. The Hall–Kier alpha value is -2.75. The highest BCUT2D eigenvalue weighted by Crippen LogP contribution is 2.30. The highest BCUT2D eigenvalue weighted by Gasteiger charge is 2.30. The van der Waals surface area contributed by atoms with Gasteiger partial charge in [-0.25, -0.2) is 0 Å². The molecule has 1 aromatic heterocycles. The van der Waals surface area contributed by atoms with Gasteiger partial charge in [-0.15, -0.1) is 0 Å². The van der Waals surface area contributed by atoms with Crippen molar-refractivity contribution >= 4 is 0 Å². The van der Waals surface area contributed by atoms with Crippen LogP contribution >= 0.6 is 0 Å². The number of halogens is 3. The molecule has 4 rings (SSSR count). The van der Waals surface area contributed by atoms with Gasteiger partial charge in [0.05, 0.1) is 25.3 Å². The molecule has 0 spiro atoms. The van der Waals surface area contributed by atoms with Crippen LogP contribution in [0.1, 0.15) is 23.1 Å². The van der Waals surface area contributed by atoms with Crippen molar-refractivity contribution in [3.63, 3.8) is 0 Å². The van der Waals surface area contributed by atoms with E-state index in [0.717, 1.165) is 25.2 Å². The lowest BCUT2D eigenvalue weighted by atomic mass is 10.0. The minimum Gasteiger partial charge on any atom is -0.379 e. The molecule has 164 valence electrons. The smallest absolute Gasteiger partial charge is 0.379 e. The van der Waals surface area contributed by atoms with Gasteiger partial charge in [-0.1, -0.05) is 47.6 Å². The van der Waals surface area contributed by atoms with Gasteiger partial charge < -0.3 is 14.6 Å². The Balaban J connectivity index is 1.38. The van der Waals surface area contributed by atoms with E-state index in [-0.39, 0.29) is 11.9 Å². The number of hydrogen-bond acceptors (Lipinski definition) is 6. The monoisotopic (exact) mass is 432 g/mol. The molecule has 1 N–H and O–H groups in total. The van der Waals surface area contributed by atoms with E-state index in [1.165, 1.54) is 17.7 Å². The Labute approximate surface area is 178 Å². The van der Waals surface area contributed by atoms with E-state index >= 15 is 0 Å². The highest BCUT2D eigenvalue weighted by atomic mass is 19.4. The molecular weight excluding hydrogens is 409 g/mol. The third kappa shape index (κ3) is 5.49. The molecule has 0 aliphatic carbocycles. The SMILES string of the molecule is FC(F)(F)c1ccc(-c2noc(CNCC(c3ccccc3)N3CCOCC3)n2)cc1. The molecular formula is C22H23F3N4O2. The normalized spacial score (nSPS) is 16.4. The van der Waals surface area contributed by atoms with E-state index in [4.69, 9.17) is 9.26 Å². The number of hydrogen-bond donors (Lipinski definition) is 1. The second kappa shape index (κ2) is 9.59. The molecule has 0 bridgehead atoms. The van der Waals surface area contributed by atoms with Gasteiger partial charge in [-0.2, -0.15) is 18.2 Å². The molecule has 1 fully saturated rings. The van der Waals surface area contributed by atoms with E-state index in [9.17, 15) is 13.2 Å². The van der Waals surface area contributed by atoms with Gasteiger partial charge in [0.15, 0.2) is 0 Å². The first kappa shape index (κ1) is 21.5. The first-order valence-corrected chi connectivity index (χ1v) is 10.1. The zero-order chi connectivity index (χ0) is 21.7. The molecule has 1 saturated heterocycles. The van der Waals surface area contributed by atoms with Crippen LogP contribution in [0.3, 0.4) is 0 Å². The third-order valence-electron chi connectivity index (χ3n) is 5.22. The van der Waals surface area contributed by atoms with Crippen LogP contribution < -0.4 is 5.32 Å². The molecule has 1 aliphatic rings. The fourth-order valence-corrected chi connectivity index (χ4v) is 3.59. The lowest BCUT2D eigenvalue weighted by Crippen LogP contribution is -2.42. The fourth-order valence-electron chi connectivity index (χ4n) is 3.59. The van der Waals surface area contributed by atoms with Crippen molar-refractivity contribution in [1.82, 2.24) is 20.4 Å². The predicted molar refractivity (Wildman–Crippen MR) is 108 cm³/mol. The van der Waals surface area contributed by atoms with Crippen LogP contribution in [-0.4, -0.2) is 47.9 Å². The summed E-state index contributed by atoms with van der Waals surface area (Å²) in [6.45, 7) is 4.19. The van der Waals surface area contributed by atoms with Crippen LogP contribution in [0, 0.1) is 0 Å². The highest BCUT2D eigenvalue weighted by molar-refractivity contribution is 5.54. The Bertz CT molecular complexity index is 955. The number of ether oxygens (including phenoxy) is 1. The van der Waals surface area contributed by atoms with Crippen molar-refractivity contribution in [3.05, 3.63) is 71.6 Å². The van der Waals surface area contributed by atoms with Crippen molar-refractivity contribution < 1.29 is 22.4 Å². The quantitative estimate of drug-likeness (QED) is 0.611. The molecule has 2 aromatic carbocycles. The van der Waals surface area contributed by atoms with E-state index < -0.39 is 11.7 Å². The fraction of sp³-hybridized carbons (Fsp3) is 0.364. The first-order chi connectivity index (χ1) is 15.0. The average Bonchev–Trinajstić information content (AvgIpc) is 3.26. The van der Waals surface area contributed by atoms with Crippen molar-refractivity contribution in [2.24, 2.45) is 0 Å². The minimum atomic E-state index is -4.37. The topological polar surface area (TPSA) is 63.4 Å². The zero-order valence-electron chi connectivity index (χ0n) is 16.8. The number of morpholine rings is 1. The van der Waals surface area contributed by atoms with Gasteiger partial charge in [0.2, 0.25) is 11.7 Å². The summed E-state index contributed by atoms with van der Waals surface area (Å²) in [5.41, 5.74) is 0.975. The molecule has 0 saturated carbocycles. The first-order valence-electron chi connectivity index (χ1n) is 10.1. The molecule has 6 nitrogen and oxygen atoms in total. The van der Waals surface area contributed by atoms with Crippen LogP contribution in [0.15, 0.2) is 59.1 Å². The Kier molecular flexibility index (Phi) is 6.64. The summed E-state index contributed by atoms with van der Waals surface area (Å²) >= 11 is 0. The maximum Gasteiger partial charge on any atom is 0.416 e. The van der Waals surface area contributed by atoms with Crippen LogP contribution in [-0.2, 0) is 17.5 Å². The average molecular weight is 432 g/mol. The molecule has 1 atom stereocenters. The number of nitrogens with zero attached hydrogens (tertiary/aromatic N) is 3. The van der Waals surface area contributed by atoms with Crippen LogP contribution in [0.2, 0.25) is 0 Å². The van der Waals surface area contributed by atoms with Gasteiger partial charge >= 0.3 is 6.18 Å². The summed E-state index contributed by atoms with van der Waals surface area (Å²) in [6, 6.07) is 15.1. The summed E-state index contributed by atoms with van der Waals surface area (Å²) < 4.78 is 48.9. The maximum absolute atomic E-state index is 12.7. The summed E-state index contributed by atoms with van der Waals surface area (Å²) in [6.07, 6.45) is -4.37. The van der Waals surface area contributed by atoms with Crippen molar-refractivity contribution in [2.75, 3.05) is 32.8 Å². The van der Waals surface area contributed by atoms with E-state index in [1.54, 1.807) is 0 Å². The molecule has 1 unspecified atom stereocenters. The van der Waals surface area contributed by atoms with Crippen molar-refractivity contribution in [2.45, 2.75) is 18.8 Å². The number of benzene rings is 2. The summed E-state index contributed by atoms with van der Waals surface area (Å²) in [4.78, 5) is 6.68.